The van der Waals surface area contributed by atoms with Gasteiger partial charge >= 0.3 is 0 Å². The molecule has 0 atom stereocenters. The Morgan fingerprint density at radius 3 is 2.61 bits per heavy atom. The molecule has 0 aliphatic carbocycles. The lowest BCUT2D eigenvalue weighted by Crippen LogP contribution is -2.16. The number of hydrogen-bond donors (Lipinski definition) is 1. The highest BCUT2D eigenvalue weighted by atomic mass is 35.5. The summed E-state index contributed by atoms with van der Waals surface area (Å²) in [7, 11) is 1.56. The number of carbonyl (C=O) groups is 2. The van der Waals surface area contributed by atoms with Gasteiger partial charge in [0.25, 0.3) is 5.91 Å². The number of methoxy groups -OCH3 is 1. The van der Waals surface area contributed by atoms with E-state index in [1.807, 2.05) is 0 Å². The van der Waals surface area contributed by atoms with Crippen LogP contribution in [0.3, 0.4) is 0 Å². The number of carbonyl (C=O) groups excluding carboxylic acids is 2. The SMILES string of the molecule is CCC(=O)Cc1cccc(Cl)c1C(=O)Nc1cccc(OC)c1. The number of nitrogens with one attached hydrogen (secondary N) is 1. The van der Waals surface area contributed by atoms with Crippen molar-refractivity contribution in [3.8, 4) is 5.75 Å². The number of anilines is 1. The van der Waals surface area contributed by atoms with Crippen LogP contribution in [0, 0.1) is 0 Å². The van der Waals surface area contributed by atoms with Crippen molar-refractivity contribution in [2.24, 2.45) is 0 Å². The maximum absolute atomic E-state index is 12.6. The van der Waals surface area contributed by atoms with E-state index in [9.17, 15) is 9.59 Å². The zero-order chi connectivity index (χ0) is 16.8. The van der Waals surface area contributed by atoms with Crippen LogP contribution in [0.4, 0.5) is 5.69 Å². The van der Waals surface area contributed by atoms with Crippen LogP contribution in [-0.2, 0) is 11.2 Å². The van der Waals surface area contributed by atoms with E-state index in [2.05, 4.69) is 5.32 Å². The van der Waals surface area contributed by atoms with Crippen LogP contribution in [0.15, 0.2) is 42.5 Å². The lowest BCUT2D eigenvalue weighted by Gasteiger charge is -2.12. The predicted octanol–water partition coefficient (Wildman–Crippen LogP) is 4.12. The van der Waals surface area contributed by atoms with Gasteiger partial charge in [0.15, 0.2) is 0 Å². The van der Waals surface area contributed by atoms with E-state index >= 15 is 0 Å². The molecule has 0 aliphatic heterocycles. The molecule has 0 radical (unpaired) electrons. The quantitative estimate of drug-likeness (QED) is 0.866. The van der Waals surface area contributed by atoms with Crippen molar-refractivity contribution < 1.29 is 14.3 Å². The number of hydrogen-bond acceptors (Lipinski definition) is 3. The third-order valence-electron chi connectivity index (χ3n) is 3.44. The molecule has 1 amide bonds. The summed E-state index contributed by atoms with van der Waals surface area (Å²) < 4.78 is 5.13. The molecule has 0 aromatic heterocycles. The standard InChI is InChI=1S/C18H18ClNO3/c1-3-14(21)10-12-6-4-9-16(19)17(12)18(22)20-13-7-5-8-15(11-13)23-2/h4-9,11H,3,10H2,1-2H3,(H,20,22). The van der Waals surface area contributed by atoms with Crippen LogP contribution in [-0.4, -0.2) is 18.8 Å². The summed E-state index contributed by atoms with van der Waals surface area (Å²) >= 11 is 6.18. The second-order valence-electron chi connectivity index (χ2n) is 5.03. The minimum atomic E-state index is -0.345. The number of ether oxygens (including phenoxy) is 1. The Hall–Kier alpha value is -2.33. The number of amides is 1. The average molecular weight is 332 g/mol. The van der Waals surface area contributed by atoms with Gasteiger partial charge in [-0.15, -0.1) is 0 Å². The van der Waals surface area contributed by atoms with E-state index in [1.165, 1.54) is 0 Å². The first-order chi connectivity index (χ1) is 11.0. The Balaban J connectivity index is 2.29. The number of rotatable bonds is 6. The highest BCUT2D eigenvalue weighted by molar-refractivity contribution is 6.34. The van der Waals surface area contributed by atoms with Crippen LogP contribution >= 0.6 is 11.6 Å². The van der Waals surface area contributed by atoms with Gasteiger partial charge < -0.3 is 10.1 Å². The van der Waals surface area contributed by atoms with Crippen molar-refractivity contribution in [1.82, 2.24) is 0 Å². The molecule has 120 valence electrons. The molecular formula is C18H18ClNO3. The maximum Gasteiger partial charge on any atom is 0.257 e. The largest absolute Gasteiger partial charge is 0.497 e. The Kier molecular flexibility index (Phi) is 5.77. The molecule has 0 aliphatic rings. The second-order valence-corrected chi connectivity index (χ2v) is 5.44. The molecule has 23 heavy (non-hydrogen) atoms. The molecule has 2 aromatic carbocycles. The van der Waals surface area contributed by atoms with E-state index < -0.39 is 0 Å². The number of benzene rings is 2. The Morgan fingerprint density at radius 2 is 1.91 bits per heavy atom. The van der Waals surface area contributed by atoms with Gasteiger partial charge in [-0.3, -0.25) is 9.59 Å². The molecule has 5 heteroatoms. The van der Waals surface area contributed by atoms with Crippen molar-refractivity contribution in [3.63, 3.8) is 0 Å². The van der Waals surface area contributed by atoms with Gasteiger partial charge in [-0.2, -0.15) is 0 Å². The van der Waals surface area contributed by atoms with E-state index in [0.29, 0.717) is 34.0 Å². The molecular weight excluding hydrogens is 314 g/mol. The first kappa shape index (κ1) is 17.0. The van der Waals surface area contributed by atoms with Gasteiger partial charge in [0.2, 0.25) is 0 Å². The Morgan fingerprint density at radius 1 is 1.17 bits per heavy atom. The third kappa shape index (κ3) is 4.33. The fraction of sp³-hybridized carbons (Fsp3) is 0.222. The van der Waals surface area contributed by atoms with Crippen LogP contribution in [0.2, 0.25) is 5.02 Å². The number of Topliss-reactive ketones (excluding diaryl/α,β-unsaturated/α-hetero) is 1. The second kappa shape index (κ2) is 7.79. The summed E-state index contributed by atoms with van der Waals surface area (Å²) in [5, 5.41) is 3.12. The Labute approximate surface area is 140 Å². The topological polar surface area (TPSA) is 55.4 Å². The minimum absolute atomic E-state index is 0.0581. The number of halogens is 1. The van der Waals surface area contributed by atoms with Crippen molar-refractivity contribution in [2.75, 3.05) is 12.4 Å². The van der Waals surface area contributed by atoms with Gasteiger partial charge in [-0.1, -0.05) is 36.7 Å². The van der Waals surface area contributed by atoms with E-state index in [-0.39, 0.29) is 18.1 Å². The van der Waals surface area contributed by atoms with Crippen LogP contribution < -0.4 is 10.1 Å². The first-order valence-electron chi connectivity index (χ1n) is 7.29. The summed E-state index contributed by atoms with van der Waals surface area (Å²) in [6.45, 7) is 1.79. The smallest absolute Gasteiger partial charge is 0.257 e. The van der Waals surface area contributed by atoms with Crippen molar-refractivity contribution >= 4 is 29.0 Å². The van der Waals surface area contributed by atoms with E-state index in [0.717, 1.165) is 0 Å². The number of ketones is 1. The fourth-order valence-corrected chi connectivity index (χ4v) is 2.48. The molecule has 0 fully saturated rings. The van der Waals surface area contributed by atoms with Crippen molar-refractivity contribution in [2.45, 2.75) is 19.8 Å². The molecule has 0 saturated carbocycles. The molecule has 2 aromatic rings. The minimum Gasteiger partial charge on any atom is -0.497 e. The van der Waals surface area contributed by atoms with Crippen LogP contribution in [0.5, 0.6) is 5.75 Å². The van der Waals surface area contributed by atoms with Crippen LogP contribution in [0.25, 0.3) is 0 Å². The van der Waals surface area contributed by atoms with Gasteiger partial charge in [0.1, 0.15) is 11.5 Å². The van der Waals surface area contributed by atoms with Crippen molar-refractivity contribution in [1.29, 1.82) is 0 Å². The zero-order valence-corrected chi connectivity index (χ0v) is 13.8. The van der Waals surface area contributed by atoms with Gasteiger partial charge in [-0.25, -0.2) is 0 Å². The van der Waals surface area contributed by atoms with Crippen molar-refractivity contribution in [3.05, 3.63) is 58.6 Å². The average Bonchev–Trinajstić information content (AvgIpc) is 2.54. The lowest BCUT2D eigenvalue weighted by molar-refractivity contribution is -0.118. The summed E-state index contributed by atoms with van der Waals surface area (Å²) in [5.74, 6) is 0.355. The van der Waals surface area contributed by atoms with E-state index in [1.54, 1.807) is 56.5 Å². The maximum atomic E-state index is 12.6. The first-order valence-corrected chi connectivity index (χ1v) is 7.67. The molecule has 0 saturated heterocycles. The van der Waals surface area contributed by atoms with Crippen LogP contribution in [0.1, 0.15) is 29.3 Å². The monoisotopic (exact) mass is 331 g/mol. The summed E-state index contributed by atoms with van der Waals surface area (Å²) in [6.07, 6.45) is 0.612. The van der Waals surface area contributed by atoms with Gasteiger partial charge in [-0.05, 0) is 23.8 Å². The molecule has 4 nitrogen and oxygen atoms in total. The Bertz CT molecular complexity index is 728. The molecule has 0 heterocycles. The zero-order valence-electron chi connectivity index (χ0n) is 13.1. The summed E-state index contributed by atoms with van der Waals surface area (Å²) in [4.78, 5) is 24.3. The van der Waals surface area contributed by atoms with E-state index in [4.69, 9.17) is 16.3 Å². The van der Waals surface area contributed by atoms with Gasteiger partial charge in [0, 0.05) is 24.6 Å². The predicted molar refractivity (Wildman–Crippen MR) is 91.4 cm³/mol. The highest BCUT2D eigenvalue weighted by Crippen LogP contribution is 2.24. The van der Waals surface area contributed by atoms with Gasteiger partial charge in [0.05, 0.1) is 17.7 Å². The molecule has 0 bridgehead atoms. The fourth-order valence-electron chi connectivity index (χ4n) is 2.20. The molecule has 2 rings (SSSR count). The normalized spacial score (nSPS) is 10.2. The third-order valence-corrected chi connectivity index (χ3v) is 3.75. The molecule has 0 unspecified atom stereocenters. The lowest BCUT2D eigenvalue weighted by atomic mass is 10.0. The summed E-state index contributed by atoms with van der Waals surface area (Å²) in [6, 6.07) is 12.2. The molecule has 0 spiro atoms. The summed E-state index contributed by atoms with van der Waals surface area (Å²) in [5.41, 5.74) is 1.56. The molecule has 1 N–H and O–H groups in total. The highest BCUT2D eigenvalue weighted by Gasteiger charge is 2.17.